The molecule has 1 unspecified atom stereocenters. The van der Waals surface area contributed by atoms with Gasteiger partial charge in [0.15, 0.2) is 0 Å². The highest BCUT2D eigenvalue weighted by molar-refractivity contribution is 6.31. The molecule has 1 aromatic rings. The van der Waals surface area contributed by atoms with E-state index in [-0.39, 0.29) is 18.6 Å². The first kappa shape index (κ1) is 14.8. The Labute approximate surface area is 130 Å². The quantitative estimate of drug-likeness (QED) is 0.857. The van der Waals surface area contributed by atoms with Gasteiger partial charge < -0.3 is 14.4 Å². The second-order valence-corrected chi connectivity index (χ2v) is 6.00. The lowest BCUT2D eigenvalue weighted by Gasteiger charge is -2.29. The van der Waals surface area contributed by atoms with E-state index < -0.39 is 0 Å². The fourth-order valence-electron chi connectivity index (χ4n) is 2.92. The topological polar surface area (TPSA) is 38.8 Å². The minimum Gasteiger partial charge on any atom is -0.376 e. The Balaban J connectivity index is 1.49. The van der Waals surface area contributed by atoms with Crippen LogP contribution in [-0.2, 0) is 27.2 Å². The Morgan fingerprint density at radius 1 is 1.48 bits per heavy atom. The van der Waals surface area contributed by atoms with Gasteiger partial charge in [0.05, 0.1) is 12.7 Å². The van der Waals surface area contributed by atoms with Crippen LogP contribution in [0.25, 0.3) is 0 Å². The molecule has 114 valence electrons. The molecule has 2 aliphatic heterocycles. The van der Waals surface area contributed by atoms with Crippen molar-refractivity contribution < 1.29 is 14.3 Å². The van der Waals surface area contributed by atoms with Crippen LogP contribution in [-0.4, -0.2) is 43.3 Å². The maximum Gasteiger partial charge on any atom is 0.248 e. The lowest BCUT2D eigenvalue weighted by Crippen LogP contribution is -2.38. The molecule has 3 rings (SSSR count). The molecular weight excluding hydrogens is 290 g/mol. The molecule has 2 aliphatic rings. The summed E-state index contributed by atoms with van der Waals surface area (Å²) in [7, 11) is 0. The highest BCUT2D eigenvalue weighted by Crippen LogP contribution is 2.25. The number of rotatable bonds is 4. The molecule has 0 saturated carbocycles. The van der Waals surface area contributed by atoms with Crippen molar-refractivity contribution in [2.45, 2.75) is 31.9 Å². The van der Waals surface area contributed by atoms with E-state index in [4.69, 9.17) is 21.1 Å². The lowest BCUT2D eigenvalue weighted by molar-refractivity contribution is -0.138. The zero-order chi connectivity index (χ0) is 14.7. The summed E-state index contributed by atoms with van der Waals surface area (Å²) in [5.74, 6) is 0.0404. The molecule has 5 heteroatoms. The van der Waals surface area contributed by atoms with Gasteiger partial charge >= 0.3 is 0 Å². The molecule has 1 saturated heterocycles. The summed E-state index contributed by atoms with van der Waals surface area (Å²) >= 11 is 6.18. The van der Waals surface area contributed by atoms with Crippen molar-refractivity contribution in [1.82, 2.24) is 4.90 Å². The standard InChI is InChI=1S/C16H20ClNO3/c17-15-5-1-3-12-9-18(7-6-14(12)15)16(19)11-20-10-13-4-2-8-21-13/h1,3,5,13H,2,4,6-11H2. The van der Waals surface area contributed by atoms with Crippen LogP contribution in [0.4, 0.5) is 0 Å². The maximum absolute atomic E-state index is 12.2. The lowest BCUT2D eigenvalue weighted by atomic mass is 10.00. The second-order valence-electron chi connectivity index (χ2n) is 5.59. The number of benzene rings is 1. The van der Waals surface area contributed by atoms with Gasteiger partial charge in [-0.25, -0.2) is 0 Å². The second kappa shape index (κ2) is 6.77. The molecule has 1 amide bonds. The molecule has 4 nitrogen and oxygen atoms in total. The van der Waals surface area contributed by atoms with E-state index in [1.54, 1.807) is 0 Å². The number of ether oxygens (including phenoxy) is 2. The van der Waals surface area contributed by atoms with Crippen LogP contribution < -0.4 is 0 Å². The van der Waals surface area contributed by atoms with Crippen LogP contribution in [0.5, 0.6) is 0 Å². The molecule has 0 aromatic heterocycles. The monoisotopic (exact) mass is 309 g/mol. The molecule has 0 bridgehead atoms. The Morgan fingerprint density at radius 3 is 3.19 bits per heavy atom. The van der Waals surface area contributed by atoms with Crippen molar-refractivity contribution >= 4 is 17.5 Å². The summed E-state index contributed by atoms with van der Waals surface area (Å²) in [6.07, 6.45) is 3.10. The fourth-order valence-corrected chi connectivity index (χ4v) is 3.21. The van der Waals surface area contributed by atoms with Gasteiger partial charge in [-0.1, -0.05) is 23.7 Å². The molecule has 1 fully saturated rings. The molecule has 21 heavy (non-hydrogen) atoms. The average Bonchev–Trinajstić information content (AvgIpc) is 3.00. The number of nitrogens with zero attached hydrogens (tertiary/aromatic N) is 1. The van der Waals surface area contributed by atoms with Crippen molar-refractivity contribution in [1.29, 1.82) is 0 Å². The van der Waals surface area contributed by atoms with Gasteiger partial charge in [0.25, 0.3) is 0 Å². The van der Waals surface area contributed by atoms with Crippen LogP contribution in [0.1, 0.15) is 24.0 Å². The van der Waals surface area contributed by atoms with Crippen LogP contribution in [0.15, 0.2) is 18.2 Å². The van der Waals surface area contributed by atoms with E-state index >= 15 is 0 Å². The smallest absolute Gasteiger partial charge is 0.248 e. The first-order chi connectivity index (χ1) is 10.2. The predicted molar refractivity (Wildman–Crippen MR) is 80.4 cm³/mol. The van der Waals surface area contributed by atoms with Crippen LogP contribution in [0.3, 0.4) is 0 Å². The minimum absolute atomic E-state index is 0.0404. The van der Waals surface area contributed by atoms with Crippen LogP contribution >= 0.6 is 11.6 Å². The van der Waals surface area contributed by atoms with Crippen molar-refractivity contribution in [3.8, 4) is 0 Å². The minimum atomic E-state index is 0.0404. The Morgan fingerprint density at radius 2 is 2.38 bits per heavy atom. The summed E-state index contributed by atoms with van der Waals surface area (Å²) in [5, 5.41) is 0.800. The van der Waals surface area contributed by atoms with E-state index in [1.807, 2.05) is 23.1 Å². The number of hydrogen-bond donors (Lipinski definition) is 0. The number of carbonyl (C=O) groups excluding carboxylic acids is 1. The SMILES string of the molecule is O=C(COCC1CCCO1)N1CCc2c(Cl)cccc2C1. The first-order valence-electron chi connectivity index (χ1n) is 7.47. The fraction of sp³-hybridized carbons (Fsp3) is 0.562. The summed E-state index contributed by atoms with van der Waals surface area (Å²) in [6.45, 7) is 2.79. The van der Waals surface area contributed by atoms with Crippen molar-refractivity contribution in [3.63, 3.8) is 0 Å². The molecule has 0 radical (unpaired) electrons. The maximum atomic E-state index is 12.2. The van der Waals surface area contributed by atoms with Gasteiger partial charge in [-0.3, -0.25) is 4.79 Å². The number of amides is 1. The van der Waals surface area contributed by atoms with E-state index in [0.29, 0.717) is 19.7 Å². The molecule has 0 N–H and O–H groups in total. The average molecular weight is 310 g/mol. The Kier molecular flexibility index (Phi) is 4.78. The summed E-state index contributed by atoms with van der Waals surface area (Å²) < 4.78 is 11.0. The van der Waals surface area contributed by atoms with Gasteiger partial charge in [-0.2, -0.15) is 0 Å². The molecule has 2 heterocycles. The van der Waals surface area contributed by atoms with Gasteiger partial charge in [0.1, 0.15) is 6.61 Å². The zero-order valence-electron chi connectivity index (χ0n) is 12.0. The van der Waals surface area contributed by atoms with E-state index in [9.17, 15) is 4.79 Å². The Hall–Kier alpha value is -1.10. The molecular formula is C16H20ClNO3. The molecule has 1 atom stereocenters. The van der Waals surface area contributed by atoms with E-state index in [0.717, 1.165) is 36.5 Å². The van der Waals surface area contributed by atoms with E-state index in [2.05, 4.69) is 0 Å². The summed E-state index contributed by atoms with van der Waals surface area (Å²) in [5.41, 5.74) is 2.31. The highest BCUT2D eigenvalue weighted by Gasteiger charge is 2.22. The van der Waals surface area contributed by atoms with Gasteiger partial charge in [0.2, 0.25) is 5.91 Å². The Bertz CT molecular complexity index is 514. The number of carbonyl (C=O) groups is 1. The van der Waals surface area contributed by atoms with Crippen molar-refractivity contribution in [2.24, 2.45) is 0 Å². The number of fused-ring (bicyclic) bond motifs is 1. The molecule has 0 spiro atoms. The van der Waals surface area contributed by atoms with Gasteiger partial charge in [-0.15, -0.1) is 0 Å². The van der Waals surface area contributed by atoms with E-state index in [1.165, 1.54) is 5.56 Å². The van der Waals surface area contributed by atoms with Gasteiger partial charge in [-0.05, 0) is 36.5 Å². The predicted octanol–water partition coefficient (Wildman–Crippen LogP) is 2.42. The molecule has 1 aromatic carbocycles. The van der Waals surface area contributed by atoms with Crippen molar-refractivity contribution in [2.75, 3.05) is 26.4 Å². The number of halogens is 1. The first-order valence-corrected chi connectivity index (χ1v) is 7.85. The normalized spacial score (nSPS) is 21.4. The van der Waals surface area contributed by atoms with Crippen LogP contribution in [0.2, 0.25) is 5.02 Å². The third kappa shape index (κ3) is 3.57. The van der Waals surface area contributed by atoms with Gasteiger partial charge in [0, 0.05) is 24.7 Å². The number of hydrogen-bond acceptors (Lipinski definition) is 3. The van der Waals surface area contributed by atoms with Crippen molar-refractivity contribution in [3.05, 3.63) is 34.3 Å². The summed E-state index contributed by atoms with van der Waals surface area (Å²) in [4.78, 5) is 14.0. The van der Waals surface area contributed by atoms with Crippen LogP contribution in [0, 0.1) is 0 Å². The zero-order valence-corrected chi connectivity index (χ0v) is 12.8. The largest absolute Gasteiger partial charge is 0.376 e. The summed E-state index contributed by atoms with van der Waals surface area (Å²) in [6, 6.07) is 5.87. The third-order valence-electron chi connectivity index (χ3n) is 4.11. The highest BCUT2D eigenvalue weighted by atomic mass is 35.5. The third-order valence-corrected chi connectivity index (χ3v) is 4.47. The molecule has 0 aliphatic carbocycles.